The molecule has 0 saturated carbocycles. The van der Waals surface area contributed by atoms with Crippen LogP contribution >= 0.6 is 0 Å². The lowest BCUT2D eigenvalue weighted by atomic mass is 10.1. The molecule has 0 atom stereocenters. The quantitative estimate of drug-likeness (QED) is 0.794. The number of nitrogens with one attached hydrogen (secondary N) is 1. The van der Waals surface area contributed by atoms with Crippen molar-refractivity contribution in [3.05, 3.63) is 84.2 Å². The Balaban J connectivity index is 1.66. The van der Waals surface area contributed by atoms with Crippen LogP contribution in [0.5, 0.6) is 0 Å². The van der Waals surface area contributed by atoms with Gasteiger partial charge in [0.15, 0.2) is 0 Å². The van der Waals surface area contributed by atoms with Gasteiger partial charge in [0.1, 0.15) is 5.69 Å². The number of nitrogens with zero attached hydrogens (tertiary/aromatic N) is 2. The van der Waals surface area contributed by atoms with Crippen LogP contribution in [-0.4, -0.2) is 17.4 Å². The van der Waals surface area contributed by atoms with Crippen LogP contribution in [0, 0.1) is 0 Å². The molecule has 2 heterocycles. The molecule has 1 amide bonds. The average molecular weight is 315 g/mol. The summed E-state index contributed by atoms with van der Waals surface area (Å²) in [6, 6.07) is 21.6. The number of carbonyl (C=O) groups excluding carboxylic acids is 1. The summed E-state index contributed by atoms with van der Waals surface area (Å²) in [7, 11) is 0. The van der Waals surface area contributed by atoms with Crippen molar-refractivity contribution in [3.8, 4) is 0 Å². The number of hydrogen-bond acceptors (Lipinski definition) is 3. The van der Waals surface area contributed by atoms with Gasteiger partial charge in [-0.1, -0.05) is 36.4 Å². The molecule has 0 saturated heterocycles. The van der Waals surface area contributed by atoms with E-state index in [-0.39, 0.29) is 5.91 Å². The first-order chi connectivity index (χ1) is 11.8. The van der Waals surface area contributed by atoms with Crippen LogP contribution in [0.3, 0.4) is 0 Å². The molecule has 3 aromatic rings. The first-order valence-corrected chi connectivity index (χ1v) is 8.00. The van der Waals surface area contributed by atoms with Gasteiger partial charge in [-0.25, -0.2) is 0 Å². The summed E-state index contributed by atoms with van der Waals surface area (Å²) in [6.07, 6.45) is 2.64. The standard InChI is InChI=1S/C20H17N3O/c24-20(17-9-5-6-13-21-17)22-16-8-2-4-11-19(16)23-14-12-15-7-1-3-10-18(15)23/h1-11,13H,12,14H2,(H,22,24). The van der Waals surface area contributed by atoms with Gasteiger partial charge in [-0.2, -0.15) is 0 Å². The number of fused-ring (bicyclic) bond motifs is 1. The molecule has 0 unspecified atom stereocenters. The van der Waals surface area contributed by atoms with Gasteiger partial charge in [0.05, 0.1) is 11.4 Å². The lowest BCUT2D eigenvalue weighted by Crippen LogP contribution is -2.19. The monoisotopic (exact) mass is 315 g/mol. The van der Waals surface area contributed by atoms with E-state index in [0.29, 0.717) is 5.69 Å². The van der Waals surface area contributed by atoms with E-state index < -0.39 is 0 Å². The highest BCUT2D eigenvalue weighted by molar-refractivity contribution is 6.05. The van der Waals surface area contributed by atoms with Crippen LogP contribution in [0.15, 0.2) is 72.9 Å². The molecule has 0 aliphatic carbocycles. The number of benzene rings is 2. The molecule has 4 nitrogen and oxygen atoms in total. The zero-order valence-electron chi connectivity index (χ0n) is 13.1. The normalized spacial score (nSPS) is 12.8. The smallest absolute Gasteiger partial charge is 0.274 e. The summed E-state index contributed by atoms with van der Waals surface area (Å²) >= 11 is 0. The number of rotatable bonds is 3. The number of anilines is 3. The Kier molecular flexibility index (Phi) is 3.71. The maximum atomic E-state index is 12.4. The van der Waals surface area contributed by atoms with Crippen molar-refractivity contribution in [2.24, 2.45) is 0 Å². The van der Waals surface area contributed by atoms with Gasteiger partial charge in [0.25, 0.3) is 5.91 Å². The maximum absolute atomic E-state index is 12.4. The second kappa shape index (κ2) is 6.16. The summed E-state index contributed by atoms with van der Waals surface area (Å²) in [6.45, 7) is 0.913. The van der Waals surface area contributed by atoms with Crippen molar-refractivity contribution in [1.82, 2.24) is 4.98 Å². The highest BCUT2D eigenvalue weighted by atomic mass is 16.1. The van der Waals surface area contributed by atoms with E-state index in [0.717, 1.165) is 24.3 Å². The Labute approximate surface area is 140 Å². The molecule has 24 heavy (non-hydrogen) atoms. The van der Waals surface area contributed by atoms with E-state index in [1.807, 2.05) is 36.4 Å². The third-order valence-electron chi connectivity index (χ3n) is 4.23. The van der Waals surface area contributed by atoms with Crippen molar-refractivity contribution < 1.29 is 4.79 Å². The summed E-state index contributed by atoms with van der Waals surface area (Å²) in [4.78, 5) is 18.8. The van der Waals surface area contributed by atoms with E-state index in [1.165, 1.54) is 11.3 Å². The average Bonchev–Trinajstić information content (AvgIpc) is 3.07. The van der Waals surface area contributed by atoms with Crippen LogP contribution in [0.1, 0.15) is 16.1 Å². The van der Waals surface area contributed by atoms with Crippen molar-refractivity contribution in [1.29, 1.82) is 0 Å². The number of para-hydroxylation sites is 3. The van der Waals surface area contributed by atoms with Crippen molar-refractivity contribution >= 4 is 23.0 Å². The second-order valence-electron chi connectivity index (χ2n) is 5.72. The van der Waals surface area contributed by atoms with E-state index in [4.69, 9.17) is 0 Å². The molecular formula is C20H17N3O. The number of hydrogen-bond donors (Lipinski definition) is 1. The molecule has 0 spiro atoms. The molecule has 0 bridgehead atoms. The predicted octanol–water partition coefficient (Wildman–Crippen LogP) is 4.03. The van der Waals surface area contributed by atoms with Crippen LogP contribution in [0.2, 0.25) is 0 Å². The van der Waals surface area contributed by atoms with E-state index in [1.54, 1.807) is 18.3 Å². The predicted molar refractivity (Wildman–Crippen MR) is 95.8 cm³/mol. The molecule has 1 N–H and O–H groups in total. The number of carbonyl (C=O) groups is 1. The number of aromatic nitrogens is 1. The Bertz CT molecular complexity index is 877. The van der Waals surface area contributed by atoms with Crippen LogP contribution in [0.25, 0.3) is 0 Å². The summed E-state index contributed by atoms with van der Waals surface area (Å²) in [5, 5.41) is 2.99. The van der Waals surface area contributed by atoms with Gasteiger partial charge in [-0.05, 0) is 42.3 Å². The summed E-state index contributed by atoms with van der Waals surface area (Å²) in [5.74, 6) is -0.199. The lowest BCUT2D eigenvalue weighted by molar-refractivity contribution is 0.102. The third kappa shape index (κ3) is 2.63. The van der Waals surface area contributed by atoms with E-state index in [9.17, 15) is 4.79 Å². The molecular weight excluding hydrogens is 298 g/mol. The molecule has 4 rings (SSSR count). The fraction of sp³-hybridized carbons (Fsp3) is 0.100. The molecule has 4 heteroatoms. The molecule has 1 aliphatic rings. The minimum absolute atomic E-state index is 0.199. The fourth-order valence-corrected chi connectivity index (χ4v) is 3.09. The molecule has 1 aromatic heterocycles. The van der Waals surface area contributed by atoms with Gasteiger partial charge in [0, 0.05) is 18.4 Å². The SMILES string of the molecule is O=C(Nc1ccccc1N1CCc2ccccc21)c1ccccn1. The molecule has 118 valence electrons. The Morgan fingerprint density at radius 1 is 0.917 bits per heavy atom. The summed E-state index contributed by atoms with van der Waals surface area (Å²) < 4.78 is 0. The largest absolute Gasteiger partial charge is 0.339 e. The Hall–Kier alpha value is -3.14. The van der Waals surface area contributed by atoms with Gasteiger partial charge in [-0.15, -0.1) is 0 Å². The lowest BCUT2D eigenvalue weighted by Gasteiger charge is -2.23. The Morgan fingerprint density at radius 3 is 2.50 bits per heavy atom. The highest BCUT2D eigenvalue weighted by Crippen LogP contribution is 2.38. The Morgan fingerprint density at radius 2 is 1.67 bits per heavy atom. The third-order valence-corrected chi connectivity index (χ3v) is 4.23. The van der Waals surface area contributed by atoms with Crippen LogP contribution in [0.4, 0.5) is 17.1 Å². The second-order valence-corrected chi connectivity index (χ2v) is 5.72. The number of amides is 1. The number of pyridine rings is 1. The summed E-state index contributed by atoms with van der Waals surface area (Å²) in [5.41, 5.74) is 4.76. The molecule has 0 radical (unpaired) electrons. The van der Waals surface area contributed by atoms with E-state index in [2.05, 4.69) is 33.4 Å². The molecule has 0 fully saturated rings. The first-order valence-electron chi connectivity index (χ1n) is 8.00. The maximum Gasteiger partial charge on any atom is 0.274 e. The zero-order chi connectivity index (χ0) is 16.4. The van der Waals surface area contributed by atoms with E-state index >= 15 is 0 Å². The first kappa shape index (κ1) is 14.5. The van der Waals surface area contributed by atoms with Gasteiger partial charge < -0.3 is 10.2 Å². The topological polar surface area (TPSA) is 45.2 Å². The molecule has 1 aliphatic heterocycles. The van der Waals surface area contributed by atoms with Crippen molar-refractivity contribution in [2.75, 3.05) is 16.8 Å². The van der Waals surface area contributed by atoms with Crippen LogP contribution < -0.4 is 10.2 Å². The minimum Gasteiger partial charge on any atom is -0.339 e. The van der Waals surface area contributed by atoms with Crippen molar-refractivity contribution in [2.45, 2.75) is 6.42 Å². The van der Waals surface area contributed by atoms with Gasteiger partial charge >= 0.3 is 0 Å². The van der Waals surface area contributed by atoms with Crippen molar-refractivity contribution in [3.63, 3.8) is 0 Å². The highest BCUT2D eigenvalue weighted by Gasteiger charge is 2.22. The fourth-order valence-electron chi connectivity index (χ4n) is 3.09. The molecule has 2 aromatic carbocycles. The van der Waals surface area contributed by atoms with Gasteiger partial charge in [0.2, 0.25) is 0 Å². The van der Waals surface area contributed by atoms with Gasteiger partial charge in [-0.3, -0.25) is 9.78 Å². The zero-order valence-corrected chi connectivity index (χ0v) is 13.1. The van der Waals surface area contributed by atoms with Crippen LogP contribution in [-0.2, 0) is 6.42 Å². The minimum atomic E-state index is -0.199.